The predicted octanol–water partition coefficient (Wildman–Crippen LogP) is -0.0660. The number of amides is 3. The summed E-state index contributed by atoms with van der Waals surface area (Å²) in [5.74, 6) is -0.457. The van der Waals surface area contributed by atoms with Crippen molar-refractivity contribution < 1.29 is 19.1 Å². The summed E-state index contributed by atoms with van der Waals surface area (Å²) < 4.78 is 5.97. The topological polar surface area (TPSA) is 127 Å². The zero-order valence-electron chi connectivity index (χ0n) is 16.0. The zero-order chi connectivity index (χ0) is 20.1. The molecule has 9 heteroatoms. The largest absolute Gasteiger partial charge is 0.457 e. The maximum atomic E-state index is 13.1. The van der Waals surface area contributed by atoms with E-state index in [0.29, 0.717) is 18.0 Å². The number of rotatable bonds is 5. The first-order valence-electron chi connectivity index (χ1n) is 9.57. The summed E-state index contributed by atoms with van der Waals surface area (Å²) in [5, 5.41) is 5.84. The van der Waals surface area contributed by atoms with Crippen molar-refractivity contribution in [2.75, 3.05) is 18.9 Å². The number of pyridine rings is 1. The Morgan fingerprint density at radius 2 is 2.25 bits per heavy atom. The van der Waals surface area contributed by atoms with E-state index in [4.69, 9.17) is 10.5 Å². The normalized spacial score (nSPS) is 27.1. The molecule has 3 atom stereocenters. The average Bonchev–Trinajstić information content (AvgIpc) is 3.39. The van der Waals surface area contributed by atoms with E-state index in [9.17, 15) is 14.4 Å². The molecule has 2 aliphatic heterocycles. The van der Waals surface area contributed by atoms with Crippen molar-refractivity contribution in [2.45, 2.75) is 50.3 Å². The van der Waals surface area contributed by atoms with Crippen LogP contribution in [0, 0.1) is 12.8 Å². The Hall–Kier alpha value is -2.68. The van der Waals surface area contributed by atoms with Gasteiger partial charge in [0.2, 0.25) is 23.3 Å². The number of aromatic nitrogens is 1. The van der Waals surface area contributed by atoms with Crippen molar-refractivity contribution in [3.05, 3.63) is 17.8 Å². The highest BCUT2D eigenvalue weighted by molar-refractivity contribution is 6.03. The first-order valence-corrected chi connectivity index (χ1v) is 9.57. The van der Waals surface area contributed by atoms with E-state index in [-0.39, 0.29) is 24.8 Å². The van der Waals surface area contributed by atoms with E-state index in [1.165, 1.54) is 4.90 Å². The van der Waals surface area contributed by atoms with E-state index in [0.717, 1.165) is 18.4 Å². The van der Waals surface area contributed by atoms with Gasteiger partial charge in [0.1, 0.15) is 11.7 Å². The Bertz CT molecular complexity index is 840. The van der Waals surface area contributed by atoms with Gasteiger partial charge >= 0.3 is 0 Å². The molecule has 1 spiro atoms. The smallest absolute Gasteiger partial charge is 0.270 e. The van der Waals surface area contributed by atoms with Crippen LogP contribution < -0.4 is 21.1 Å². The highest BCUT2D eigenvalue weighted by atomic mass is 16.5. The molecular weight excluding hydrogens is 362 g/mol. The van der Waals surface area contributed by atoms with Crippen LogP contribution in [-0.4, -0.2) is 58.9 Å². The van der Waals surface area contributed by atoms with Crippen LogP contribution in [0.4, 0.5) is 5.69 Å². The summed E-state index contributed by atoms with van der Waals surface area (Å²) in [5.41, 5.74) is 5.57. The van der Waals surface area contributed by atoms with E-state index < -0.39 is 29.5 Å². The number of fused-ring (bicyclic) bond motifs is 1. The van der Waals surface area contributed by atoms with Crippen LogP contribution in [-0.2, 0) is 14.4 Å². The number of anilines is 1. The molecule has 2 fully saturated rings. The van der Waals surface area contributed by atoms with Crippen molar-refractivity contribution in [1.29, 1.82) is 0 Å². The molecule has 3 heterocycles. The minimum Gasteiger partial charge on any atom is -0.457 e. The first-order chi connectivity index (χ1) is 13.3. The Labute approximate surface area is 163 Å². The fourth-order valence-corrected chi connectivity index (χ4v) is 4.02. The van der Waals surface area contributed by atoms with Crippen molar-refractivity contribution in [3.63, 3.8) is 0 Å². The molecule has 1 aliphatic carbocycles. The van der Waals surface area contributed by atoms with E-state index in [1.807, 2.05) is 6.92 Å². The second-order valence-corrected chi connectivity index (χ2v) is 8.02. The minimum atomic E-state index is -1.37. The summed E-state index contributed by atoms with van der Waals surface area (Å²) in [6.07, 6.45) is 4.58. The van der Waals surface area contributed by atoms with Gasteiger partial charge in [0, 0.05) is 12.6 Å². The third-order valence-corrected chi connectivity index (χ3v) is 5.79. The van der Waals surface area contributed by atoms with Crippen LogP contribution in [0.1, 0.15) is 31.2 Å². The number of carbonyl (C=O) groups excluding carboxylic acids is 3. The number of nitrogens with one attached hydrogen (secondary N) is 2. The molecule has 3 amide bonds. The number of primary amides is 1. The molecular formula is C19H25N5O4. The average molecular weight is 387 g/mol. The molecule has 1 unspecified atom stereocenters. The second-order valence-electron chi connectivity index (χ2n) is 8.02. The van der Waals surface area contributed by atoms with Gasteiger partial charge in [-0.15, -0.1) is 0 Å². The quantitative estimate of drug-likeness (QED) is 0.649. The predicted molar refractivity (Wildman–Crippen MR) is 100 cm³/mol. The lowest BCUT2D eigenvalue weighted by Gasteiger charge is -2.33. The number of aryl methyl sites for hydroxylation is 1. The summed E-state index contributed by atoms with van der Waals surface area (Å²) >= 11 is 0. The molecule has 3 aliphatic rings. The van der Waals surface area contributed by atoms with E-state index in [1.54, 1.807) is 19.3 Å². The van der Waals surface area contributed by atoms with Crippen LogP contribution >= 0.6 is 0 Å². The van der Waals surface area contributed by atoms with Crippen molar-refractivity contribution in [3.8, 4) is 5.88 Å². The van der Waals surface area contributed by atoms with Crippen molar-refractivity contribution >= 4 is 23.4 Å². The van der Waals surface area contributed by atoms with Crippen LogP contribution in [0.15, 0.2) is 12.3 Å². The maximum Gasteiger partial charge on any atom is 0.270 e. The number of likely N-dealkylation sites (N-methyl/N-ethyl adjacent to an activating group) is 1. The Morgan fingerprint density at radius 1 is 1.50 bits per heavy atom. The number of hydrogen-bond acceptors (Lipinski definition) is 6. The van der Waals surface area contributed by atoms with Crippen LogP contribution in [0.3, 0.4) is 0 Å². The van der Waals surface area contributed by atoms with Gasteiger partial charge < -0.3 is 26.0 Å². The molecule has 0 radical (unpaired) electrons. The molecule has 28 heavy (non-hydrogen) atoms. The highest BCUT2D eigenvalue weighted by Gasteiger charge is 2.57. The van der Waals surface area contributed by atoms with Gasteiger partial charge in [-0.05, 0) is 37.9 Å². The highest BCUT2D eigenvalue weighted by Crippen LogP contribution is 2.40. The van der Waals surface area contributed by atoms with Gasteiger partial charge in [0.05, 0.1) is 12.6 Å². The lowest BCUT2D eigenvalue weighted by atomic mass is 9.97. The number of nitrogens with two attached hydrogens (primary N) is 1. The summed E-state index contributed by atoms with van der Waals surface area (Å²) in [6.45, 7) is 1.82. The number of carbonyl (C=O) groups is 3. The van der Waals surface area contributed by atoms with E-state index >= 15 is 0 Å². The summed E-state index contributed by atoms with van der Waals surface area (Å²) in [4.78, 5) is 43.7. The maximum absolute atomic E-state index is 13.1. The van der Waals surface area contributed by atoms with Gasteiger partial charge in [-0.3, -0.25) is 14.4 Å². The van der Waals surface area contributed by atoms with Crippen LogP contribution in [0.2, 0.25) is 0 Å². The van der Waals surface area contributed by atoms with E-state index in [2.05, 4.69) is 15.6 Å². The van der Waals surface area contributed by atoms with Crippen molar-refractivity contribution in [2.24, 2.45) is 11.7 Å². The monoisotopic (exact) mass is 387 g/mol. The third-order valence-electron chi connectivity index (χ3n) is 5.79. The fourth-order valence-electron chi connectivity index (χ4n) is 4.02. The molecule has 4 N–H and O–H groups in total. The molecule has 150 valence electrons. The first kappa shape index (κ1) is 18.7. The number of hydrogen-bond donors (Lipinski definition) is 3. The molecule has 4 rings (SSSR count). The van der Waals surface area contributed by atoms with Crippen LogP contribution in [0.25, 0.3) is 0 Å². The van der Waals surface area contributed by atoms with Gasteiger partial charge in [-0.2, -0.15) is 0 Å². The molecule has 1 aromatic heterocycles. The summed E-state index contributed by atoms with van der Waals surface area (Å²) in [7, 11) is 1.72. The van der Waals surface area contributed by atoms with Crippen molar-refractivity contribution in [1.82, 2.24) is 15.2 Å². The zero-order valence-corrected chi connectivity index (χ0v) is 16.0. The summed E-state index contributed by atoms with van der Waals surface area (Å²) in [6, 6.07) is 0.452. The lowest BCUT2D eigenvalue weighted by molar-refractivity contribution is -0.140. The molecule has 1 saturated heterocycles. The molecule has 0 aromatic carbocycles. The molecule has 1 saturated carbocycles. The van der Waals surface area contributed by atoms with Gasteiger partial charge in [-0.25, -0.2) is 4.98 Å². The number of nitrogens with zero attached hydrogens (tertiary/aromatic N) is 2. The van der Waals surface area contributed by atoms with Gasteiger partial charge in [0.15, 0.2) is 0 Å². The fraction of sp³-hybridized carbons (Fsp3) is 0.579. The lowest BCUT2D eigenvalue weighted by Crippen LogP contribution is -2.55. The SMILES string of the molecule is CN[C@@H](CC1CC1)C(=O)N1CC2(C[C@H]1C(N)=O)Oc1ncc(C)cc1NC2=O. The molecule has 0 bridgehead atoms. The number of likely N-dealkylation sites (tertiary alicyclic amines) is 1. The number of ether oxygens (including phenoxy) is 1. The minimum absolute atomic E-state index is 0.00870. The second kappa shape index (κ2) is 6.73. The Morgan fingerprint density at radius 3 is 2.89 bits per heavy atom. The van der Waals surface area contributed by atoms with Crippen LogP contribution in [0.5, 0.6) is 5.88 Å². The molecule has 1 aromatic rings. The van der Waals surface area contributed by atoms with Gasteiger partial charge in [-0.1, -0.05) is 12.8 Å². The van der Waals surface area contributed by atoms with Gasteiger partial charge in [0.25, 0.3) is 5.91 Å². The Balaban J connectivity index is 1.61. The third kappa shape index (κ3) is 3.19. The standard InChI is InChI=1S/C19H25N5O4/c1-10-5-12-16(22-8-10)28-19(18(27)23-12)7-14(15(20)25)24(9-19)17(26)13(21-2)6-11-3-4-11/h5,8,11,13-14,21H,3-4,6-7,9H2,1-2H3,(H2,20,25)(H,23,27)/t13-,14-,19?/m0/s1. The molecule has 9 nitrogen and oxygen atoms in total. The Kier molecular flexibility index (Phi) is 4.49.